The Morgan fingerprint density at radius 1 is 1.07 bits per heavy atom. The highest BCUT2D eigenvalue weighted by Crippen LogP contribution is 2.29. The average molecular weight is 427 g/mol. The van der Waals surface area contributed by atoms with E-state index >= 15 is 0 Å². The largest absolute Gasteiger partial charge is 0.490 e. The Labute approximate surface area is 180 Å². The van der Waals surface area contributed by atoms with E-state index in [0.29, 0.717) is 29.1 Å². The monoisotopic (exact) mass is 426 g/mol. The molecule has 0 saturated carbocycles. The normalized spacial score (nSPS) is 10.7. The van der Waals surface area contributed by atoms with E-state index in [2.05, 4.69) is 15.5 Å². The molecule has 0 bridgehead atoms. The zero-order valence-corrected chi connectivity index (χ0v) is 18.5. The van der Waals surface area contributed by atoms with Crippen molar-refractivity contribution in [2.24, 2.45) is 7.05 Å². The van der Waals surface area contributed by atoms with Crippen LogP contribution in [0.2, 0.25) is 0 Å². The molecule has 7 nitrogen and oxygen atoms in total. The van der Waals surface area contributed by atoms with Gasteiger partial charge in [0.1, 0.15) is 6.61 Å². The third kappa shape index (κ3) is 5.76. The number of ether oxygens (including phenoxy) is 2. The number of nitrogens with zero attached hydrogens (tertiary/aromatic N) is 3. The molecule has 3 rings (SSSR count). The first-order chi connectivity index (χ1) is 14.5. The van der Waals surface area contributed by atoms with Crippen LogP contribution in [0.5, 0.6) is 11.5 Å². The zero-order valence-electron chi connectivity index (χ0n) is 17.6. The first-order valence-corrected chi connectivity index (χ1v) is 10.7. The molecular formula is C22H26N4O3S. The van der Waals surface area contributed by atoms with Crippen molar-refractivity contribution in [1.82, 2.24) is 14.8 Å². The van der Waals surface area contributed by atoms with E-state index in [9.17, 15) is 4.79 Å². The van der Waals surface area contributed by atoms with Crippen LogP contribution in [0.15, 0.2) is 47.6 Å². The molecule has 0 saturated heterocycles. The highest BCUT2D eigenvalue weighted by molar-refractivity contribution is 7.99. The highest BCUT2D eigenvalue weighted by Gasteiger charge is 2.13. The van der Waals surface area contributed by atoms with E-state index in [-0.39, 0.29) is 18.3 Å². The van der Waals surface area contributed by atoms with Crippen LogP contribution in [0, 0.1) is 13.8 Å². The van der Waals surface area contributed by atoms with E-state index in [1.54, 1.807) is 0 Å². The molecule has 158 valence electrons. The Hall–Kier alpha value is -3.00. The number of hydrogen-bond donors (Lipinski definition) is 1. The number of amides is 1. The fourth-order valence-corrected chi connectivity index (χ4v) is 3.52. The van der Waals surface area contributed by atoms with Crippen LogP contribution in [0.25, 0.3) is 0 Å². The summed E-state index contributed by atoms with van der Waals surface area (Å²) in [5.74, 6) is 2.19. The summed E-state index contributed by atoms with van der Waals surface area (Å²) in [5, 5.41) is 11.9. The zero-order chi connectivity index (χ0) is 21.5. The van der Waals surface area contributed by atoms with E-state index < -0.39 is 0 Å². The first-order valence-electron chi connectivity index (χ1n) is 9.70. The van der Waals surface area contributed by atoms with Crippen molar-refractivity contribution >= 4 is 23.4 Å². The van der Waals surface area contributed by atoms with Gasteiger partial charge in [0.25, 0.3) is 0 Å². The molecule has 0 aliphatic heterocycles. The van der Waals surface area contributed by atoms with Crippen LogP contribution in [-0.2, 0) is 18.4 Å². The summed E-state index contributed by atoms with van der Waals surface area (Å²) in [6.45, 7) is 6.75. The maximum atomic E-state index is 12.2. The number of benzene rings is 2. The molecule has 8 heteroatoms. The lowest BCUT2D eigenvalue weighted by Gasteiger charge is -2.12. The van der Waals surface area contributed by atoms with Gasteiger partial charge in [-0.05, 0) is 56.2 Å². The predicted molar refractivity (Wildman–Crippen MR) is 118 cm³/mol. The topological polar surface area (TPSA) is 78.3 Å². The minimum absolute atomic E-state index is 0.0904. The Balaban J connectivity index is 1.56. The Kier molecular flexibility index (Phi) is 7.35. The molecule has 0 atom stereocenters. The molecule has 1 aromatic heterocycles. The number of hydrogen-bond acceptors (Lipinski definition) is 6. The summed E-state index contributed by atoms with van der Waals surface area (Å²) < 4.78 is 13.4. The van der Waals surface area contributed by atoms with Gasteiger partial charge in [-0.25, -0.2) is 0 Å². The van der Waals surface area contributed by atoms with Crippen molar-refractivity contribution in [3.8, 4) is 11.5 Å². The van der Waals surface area contributed by atoms with Crippen LogP contribution in [0.4, 0.5) is 5.69 Å². The molecule has 0 fully saturated rings. The van der Waals surface area contributed by atoms with Crippen molar-refractivity contribution in [1.29, 1.82) is 0 Å². The Morgan fingerprint density at radius 3 is 2.63 bits per heavy atom. The van der Waals surface area contributed by atoms with Crippen LogP contribution >= 0.6 is 11.8 Å². The molecule has 0 radical (unpaired) electrons. The van der Waals surface area contributed by atoms with Gasteiger partial charge in [0.15, 0.2) is 22.5 Å². The molecular weight excluding hydrogens is 400 g/mol. The van der Waals surface area contributed by atoms with Crippen LogP contribution in [0.1, 0.15) is 23.9 Å². The maximum Gasteiger partial charge on any atom is 0.234 e. The summed E-state index contributed by atoms with van der Waals surface area (Å²) in [4.78, 5) is 12.2. The first kappa shape index (κ1) is 21.7. The van der Waals surface area contributed by atoms with Gasteiger partial charge in [-0.15, -0.1) is 10.2 Å². The number of carbonyl (C=O) groups excluding carboxylic acids is 1. The van der Waals surface area contributed by atoms with E-state index in [1.807, 2.05) is 74.9 Å². The second-order valence-corrected chi connectivity index (χ2v) is 7.78. The number of aryl methyl sites for hydroxylation is 2. The van der Waals surface area contributed by atoms with Crippen LogP contribution < -0.4 is 14.8 Å². The molecule has 0 aliphatic carbocycles. The average Bonchev–Trinajstić information content (AvgIpc) is 3.06. The van der Waals surface area contributed by atoms with Gasteiger partial charge in [-0.3, -0.25) is 4.79 Å². The van der Waals surface area contributed by atoms with E-state index in [0.717, 1.165) is 16.8 Å². The van der Waals surface area contributed by atoms with Crippen molar-refractivity contribution in [3.05, 3.63) is 59.4 Å². The molecule has 1 amide bonds. The number of aromatic nitrogens is 3. The number of thioether (sulfide) groups is 1. The fraction of sp³-hybridized carbons (Fsp3) is 0.318. The fourth-order valence-electron chi connectivity index (χ4n) is 2.79. The summed E-state index contributed by atoms with van der Waals surface area (Å²) >= 11 is 1.33. The van der Waals surface area contributed by atoms with Gasteiger partial charge in [0.05, 0.1) is 12.4 Å². The molecule has 0 unspecified atom stereocenters. The molecule has 3 aromatic rings. The van der Waals surface area contributed by atoms with Crippen molar-refractivity contribution in [3.63, 3.8) is 0 Å². The molecule has 30 heavy (non-hydrogen) atoms. The van der Waals surface area contributed by atoms with Gasteiger partial charge in [-0.2, -0.15) is 0 Å². The lowest BCUT2D eigenvalue weighted by atomic mass is 10.2. The van der Waals surface area contributed by atoms with Gasteiger partial charge < -0.3 is 19.4 Å². The molecule has 0 aliphatic rings. The van der Waals surface area contributed by atoms with Gasteiger partial charge in [0.2, 0.25) is 5.91 Å². The molecule has 0 spiro atoms. The summed E-state index contributed by atoms with van der Waals surface area (Å²) in [7, 11) is 1.86. The van der Waals surface area contributed by atoms with E-state index in [1.165, 1.54) is 11.8 Å². The second-order valence-electron chi connectivity index (χ2n) is 6.84. The third-order valence-corrected chi connectivity index (χ3v) is 5.34. The summed E-state index contributed by atoms with van der Waals surface area (Å²) in [6, 6.07) is 13.5. The number of anilines is 1. The van der Waals surface area contributed by atoms with E-state index in [4.69, 9.17) is 9.47 Å². The lowest BCUT2D eigenvalue weighted by molar-refractivity contribution is -0.113. The standard InChI is InChI=1S/C22H26N4O3S/c1-5-28-19-12-16(3)9-10-18(19)29-13-20-24-25-22(26(20)4)30-14-21(27)23-17-8-6-7-15(2)11-17/h6-12H,5,13-14H2,1-4H3,(H,23,27). The van der Waals surface area contributed by atoms with Crippen LogP contribution in [0.3, 0.4) is 0 Å². The Morgan fingerprint density at radius 2 is 1.87 bits per heavy atom. The SMILES string of the molecule is CCOc1cc(C)ccc1OCc1nnc(SCC(=O)Nc2cccc(C)c2)n1C. The number of nitrogens with one attached hydrogen (secondary N) is 1. The molecule has 1 N–H and O–H groups in total. The number of carbonyl (C=O) groups is 1. The quantitative estimate of drug-likeness (QED) is 0.518. The Bertz CT molecular complexity index is 1020. The smallest absolute Gasteiger partial charge is 0.234 e. The van der Waals surface area contributed by atoms with Gasteiger partial charge in [-0.1, -0.05) is 30.0 Å². The number of rotatable bonds is 9. The maximum absolute atomic E-state index is 12.2. The summed E-state index contributed by atoms with van der Waals surface area (Å²) in [6.07, 6.45) is 0. The lowest BCUT2D eigenvalue weighted by Crippen LogP contribution is -2.14. The third-order valence-electron chi connectivity index (χ3n) is 4.32. The highest BCUT2D eigenvalue weighted by atomic mass is 32.2. The van der Waals surface area contributed by atoms with Crippen molar-refractivity contribution in [2.75, 3.05) is 17.7 Å². The van der Waals surface area contributed by atoms with Gasteiger partial charge >= 0.3 is 0 Å². The van der Waals surface area contributed by atoms with Gasteiger partial charge in [0, 0.05) is 12.7 Å². The second kappa shape index (κ2) is 10.2. The van der Waals surface area contributed by atoms with Crippen LogP contribution in [-0.4, -0.2) is 33.0 Å². The minimum Gasteiger partial charge on any atom is -0.490 e. The predicted octanol–water partition coefficient (Wildman–Crippen LogP) is 4.14. The molecule has 2 aromatic carbocycles. The molecule has 1 heterocycles. The summed E-state index contributed by atoms with van der Waals surface area (Å²) in [5.41, 5.74) is 2.99. The van der Waals surface area contributed by atoms with Crippen molar-refractivity contribution < 1.29 is 14.3 Å². The van der Waals surface area contributed by atoms with Crippen molar-refractivity contribution in [2.45, 2.75) is 32.5 Å². The minimum atomic E-state index is -0.0904.